The smallest absolute Gasteiger partial charge is 0.343 e. The number of rotatable bonds is 6. The molecular weight excluding hydrogens is 328 g/mol. The van der Waals surface area contributed by atoms with Crippen molar-refractivity contribution < 1.29 is 19.1 Å². The van der Waals surface area contributed by atoms with Gasteiger partial charge in [0.2, 0.25) is 0 Å². The van der Waals surface area contributed by atoms with Crippen molar-refractivity contribution in [1.29, 1.82) is 0 Å². The molecule has 0 radical (unpaired) electrons. The van der Waals surface area contributed by atoms with Crippen molar-refractivity contribution in [2.24, 2.45) is 0 Å². The first-order chi connectivity index (χ1) is 12.7. The summed E-state index contributed by atoms with van der Waals surface area (Å²) in [5.74, 6) is -0.0494. The number of fused-ring (bicyclic) bond motifs is 1. The number of benzene rings is 3. The van der Waals surface area contributed by atoms with Gasteiger partial charge in [-0.15, -0.1) is 0 Å². The lowest BCUT2D eigenvalue weighted by atomic mass is 10.1. The quantitative estimate of drug-likeness (QED) is 0.380. The van der Waals surface area contributed by atoms with Crippen LogP contribution in [0.4, 0.5) is 0 Å². The largest absolute Gasteiger partial charge is 0.482 e. The highest BCUT2D eigenvalue weighted by Crippen LogP contribution is 2.17. The second-order valence-corrected chi connectivity index (χ2v) is 5.69. The Labute approximate surface area is 151 Å². The molecule has 0 unspecified atom stereocenters. The van der Waals surface area contributed by atoms with E-state index < -0.39 is 5.97 Å². The Morgan fingerprint density at radius 2 is 1.65 bits per heavy atom. The first kappa shape index (κ1) is 17.4. The van der Waals surface area contributed by atoms with E-state index in [0.29, 0.717) is 11.3 Å². The lowest BCUT2D eigenvalue weighted by Crippen LogP contribution is -2.12. The maximum atomic E-state index is 12.3. The minimum absolute atomic E-state index is 0.0994. The molecule has 0 aliphatic carbocycles. The molecule has 3 aromatic rings. The summed E-state index contributed by atoms with van der Waals surface area (Å²) in [6, 6.07) is 20.8. The fourth-order valence-corrected chi connectivity index (χ4v) is 2.50. The molecule has 0 N–H and O–H groups in total. The SMILES string of the molecule is COC(=O)COc1ccc(C(=O)/C=C/c2ccc3ccccc3c2)cc1. The first-order valence-electron chi connectivity index (χ1n) is 8.16. The van der Waals surface area contributed by atoms with E-state index in [-0.39, 0.29) is 12.4 Å². The molecular formula is C22H18O4. The number of ether oxygens (including phenoxy) is 2. The number of carbonyl (C=O) groups is 2. The van der Waals surface area contributed by atoms with E-state index in [1.807, 2.05) is 36.4 Å². The second kappa shape index (κ2) is 8.12. The van der Waals surface area contributed by atoms with Gasteiger partial charge in [-0.05, 0) is 52.7 Å². The van der Waals surface area contributed by atoms with Gasteiger partial charge < -0.3 is 9.47 Å². The van der Waals surface area contributed by atoms with Gasteiger partial charge in [0.1, 0.15) is 5.75 Å². The van der Waals surface area contributed by atoms with Crippen LogP contribution in [-0.4, -0.2) is 25.5 Å². The van der Waals surface area contributed by atoms with Crippen LogP contribution in [0, 0.1) is 0 Å². The van der Waals surface area contributed by atoms with Gasteiger partial charge in [0, 0.05) is 5.56 Å². The Hall–Kier alpha value is -3.40. The van der Waals surface area contributed by atoms with Crippen molar-refractivity contribution in [3.05, 3.63) is 83.9 Å². The highest BCUT2D eigenvalue weighted by molar-refractivity contribution is 6.07. The normalized spacial score (nSPS) is 10.8. The Kier molecular flexibility index (Phi) is 5.44. The monoisotopic (exact) mass is 346 g/mol. The summed E-state index contributed by atoms with van der Waals surface area (Å²) in [5.41, 5.74) is 1.52. The Balaban J connectivity index is 1.66. The summed E-state index contributed by atoms with van der Waals surface area (Å²) in [7, 11) is 1.30. The van der Waals surface area contributed by atoms with Gasteiger partial charge in [0.15, 0.2) is 12.4 Å². The predicted octanol–water partition coefficient (Wildman–Crippen LogP) is 4.29. The van der Waals surface area contributed by atoms with E-state index in [4.69, 9.17) is 4.74 Å². The lowest BCUT2D eigenvalue weighted by Gasteiger charge is -2.05. The zero-order valence-corrected chi connectivity index (χ0v) is 14.3. The number of ketones is 1. The number of hydrogen-bond acceptors (Lipinski definition) is 4. The van der Waals surface area contributed by atoms with E-state index in [9.17, 15) is 9.59 Å². The predicted molar refractivity (Wildman–Crippen MR) is 101 cm³/mol. The fourth-order valence-electron chi connectivity index (χ4n) is 2.50. The molecule has 26 heavy (non-hydrogen) atoms. The molecule has 3 rings (SSSR count). The van der Waals surface area contributed by atoms with Crippen LogP contribution >= 0.6 is 0 Å². The first-order valence-corrected chi connectivity index (χ1v) is 8.16. The van der Waals surface area contributed by atoms with Crippen LogP contribution in [0.2, 0.25) is 0 Å². The third-order valence-corrected chi connectivity index (χ3v) is 3.92. The highest BCUT2D eigenvalue weighted by atomic mass is 16.6. The van der Waals surface area contributed by atoms with Gasteiger partial charge in [0.25, 0.3) is 0 Å². The van der Waals surface area contributed by atoms with Crippen molar-refractivity contribution in [2.75, 3.05) is 13.7 Å². The Morgan fingerprint density at radius 3 is 2.38 bits per heavy atom. The van der Waals surface area contributed by atoms with Crippen molar-refractivity contribution >= 4 is 28.6 Å². The number of hydrogen-bond donors (Lipinski definition) is 0. The van der Waals surface area contributed by atoms with E-state index in [0.717, 1.165) is 10.9 Å². The molecule has 3 aromatic carbocycles. The average molecular weight is 346 g/mol. The number of esters is 1. The van der Waals surface area contributed by atoms with Gasteiger partial charge in [-0.3, -0.25) is 4.79 Å². The molecule has 0 atom stereocenters. The maximum Gasteiger partial charge on any atom is 0.343 e. The van der Waals surface area contributed by atoms with Crippen LogP contribution in [0.1, 0.15) is 15.9 Å². The third kappa shape index (κ3) is 4.36. The molecule has 4 heteroatoms. The summed E-state index contributed by atoms with van der Waals surface area (Å²) in [6.07, 6.45) is 3.35. The van der Waals surface area contributed by atoms with Crippen LogP contribution < -0.4 is 4.74 Å². The van der Waals surface area contributed by atoms with Crippen molar-refractivity contribution in [3.8, 4) is 5.75 Å². The van der Waals surface area contributed by atoms with Crippen LogP contribution in [0.5, 0.6) is 5.75 Å². The van der Waals surface area contributed by atoms with E-state index in [1.165, 1.54) is 12.5 Å². The average Bonchev–Trinajstić information content (AvgIpc) is 2.70. The van der Waals surface area contributed by atoms with Gasteiger partial charge in [0.05, 0.1) is 7.11 Å². The maximum absolute atomic E-state index is 12.3. The van der Waals surface area contributed by atoms with Crippen molar-refractivity contribution in [2.45, 2.75) is 0 Å². The lowest BCUT2D eigenvalue weighted by molar-refractivity contribution is -0.142. The molecule has 4 nitrogen and oxygen atoms in total. The molecule has 0 saturated carbocycles. The molecule has 0 saturated heterocycles. The number of methoxy groups -OCH3 is 1. The van der Waals surface area contributed by atoms with Gasteiger partial charge in [-0.1, -0.05) is 42.5 Å². The molecule has 130 valence electrons. The molecule has 0 heterocycles. The van der Waals surface area contributed by atoms with Crippen molar-refractivity contribution in [1.82, 2.24) is 0 Å². The van der Waals surface area contributed by atoms with E-state index >= 15 is 0 Å². The Bertz CT molecular complexity index is 955. The molecule has 0 bridgehead atoms. The summed E-state index contributed by atoms with van der Waals surface area (Å²) in [6.45, 7) is -0.161. The minimum Gasteiger partial charge on any atom is -0.482 e. The van der Waals surface area contributed by atoms with Crippen molar-refractivity contribution in [3.63, 3.8) is 0 Å². The van der Waals surface area contributed by atoms with Gasteiger partial charge in [-0.2, -0.15) is 0 Å². The van der Waals surface area contributed by atoms with Crippen LogP contribution in [-0.2, 0) is 9.53 Å². The molecule has 0 amide bonds. The highest BCUT2D eigenvalue weighted by Gasteiger charge is 2.05. The number of carbonyl (C=O) groups excluding carboxylic acids is 2. The van der Waals surface area contributed by atoms with Crippen LogP contribution in [0.3, 0.4) is 0 Å². The minimum atomic E-state index is -0.455. The van der Waals surface area contributed by atoms with Gasteiger partial charge in [-0.25, -0.2) is 4.79 Å². The molecule has 0 aliphatic heterocycles. The zero-order chi connectivity index (χ0) is 18.4. The molecule has 0 spiro atoms. The van der Waals surface area contributed by atoms with E-state index in [2.05, 4.69) is 10.8 Å². The summed E-state index contributed by atoms with van der Waals surface area (Å²) in [4.78, 5) is 23.4. The second-order valence-electron chi connectivity index (χ2n) is 5.69. The number of allylic oxidation sites excluding steroid dienone is 1. The summed E-state index contributed by atoms with van der Waals surface area (Å²) >= 11 is 0. The molecule has 0 aliphatic rings. The molecule has 0 aromatic heterocycles. The fraction of sp³-hybridized carbons (Fsp3) is 0.0909. The van der Waals surface area contributed by atoms with Crippen LogP contribution in [0.25, 0.3) is 16.8 Å². The topological polar surface area (TPSA) is 52.6 Å². The van der Waals surface area contributed by atoms with Gasteiger partial charge >= 0.3 is 5.97 Å². The Morgan fingerprint density at radius 1 is 0.923 bits per heavy atom. The zero-order valence-electron chi connectivity index (χ0n) is 14.3. The third-order valence-electron chi connectivity index (χ3n) is 3.92. The van der Waals surface area contributed by atoms with E-state index in [1.54, 1.807) is 36.4 Å². The summed E-state index contributed by atoms with van der Waals surface area (Å²) < 4.78 is 9.77. The summed E-state index contributed by atoms with van der Waals surface area (Å²) in [5, 5.41) is 2.30. The standard InChI is InChI=1S/C22H18O4/c1-25-22(24)15-26-20-11-9-18(10-12-20)21(23)13-7-16-6-8-17-4-2-3-5-19(17)14-16/h2-14H,15H2,1H3/b13-7+. The molecule has 0 fully saturated rings. The van der Waals surface area contributed by atoms with Crippen LogP contribution in [0.15, 0.2) is 72.8 Å².